The first-order valence-electron chi connectivity index (χ1n) is 10.6. The molecule has 1 aliphatic rings. The van der Waals surface area contributed by atoms with Gasteiger partial charge in [0, 0.05) is 23.1 Å². The SMILES string of the molecule is COCOc1cc(Cl)c(B2OC(C)(C)C(C)(C)O2)cc1C(=O)NC(C)(C)CC(C)(C)C. The van der Waals surface area contributed by atoms with Crippen LogP contribution in [0.5, 0.6) is 5.75 Å². The molecule has 1 N–H and O–H groups in total. The molecule has 8 heteroatoms. The molecule has 31 heavy (non-hydrogen) atoms. The number of ether oxygens (including phenoxy) is 2. The molecule has 1 saturated heterocycles. The quantitative estimate of drug-likeness (QED) is 0.484. The van der Waals surface area contributed by atoms with Crippen molar-refractivity contribution in [2.75, 3.05) is 13.9 Å². The molecule has 0 bridgehead atoms. The highest BCUT2D eigenvalue weighted by molar-refractivity contribution is 6.65. The third-order valence-electron chi connectivity index (χ3n) is 5.61. The summed E-state index contributed by atoms with van der Waals surface area (Å²) in [5.74, 6) is 0.0889. The molecule has 6 nitrogen and oxygen atoms in total. The van der Waals surface area contributed by atoms with Gasteiger partial charge in [0.25, 0.3) is 5.91 Å². The molecule has 1 aromatic rings. The van der Waals surface area contributed by atoms with E-state index < -0.39 is 23.9 Å². The van der Waals surface area contributed by atoms with Crippen LogP contribution in [0.15, 0.2) is 12.1 Å². The second kappa shape index (κ2) is 8.93. The monoisotopic (exact) mass is 453 g/mol. The van der Waals surface area contributed by atoms with Crippen molar-refractivity contribution in [1.29, 1.82) is 0 Å². The number of halogens is 1. The molecule has 2 rings (SSSR count). The van der Waals surface area contributed by atoms with Gasteiger partial charge in [0.1, 0.15) is 5.75 Å². The maximum Gasteiger partial charge on any atom is 0.496 e. The van der Waals surface area contributed by atoms with Crippen LogP contribution in [0.4, 0.5) is 0 Å². The smallest absolute Gasteiger partial charge is 0.467 e. The minimum absolute atomic E-state index is 0.00215. The van der Waals surface area contributed by atoms with Gasteiger partial charge < -0.3 is 24.1 Å². The first kappa shape index (κ1) is 26.0. The highest BCUT2D eigenvalue weighted by Crippen LogP contribution is 2.37. The Balaban J connectivity index is 2.42. The molecule has 174 valence electrons. The first-order valence-corrected chi connectivity index (χ1v) is 11.0. The van der Waals surface area contributed by atoms with Crippen LogP contribution < -0.4 is 15.5 Å². The number of carbonyl (C=O) groups is 1. The Kier molecular flexibility index (Phi) is 7.48. The summed E-state index contributed by atoms with van der Waals surface area (Å²) in [6.45, 7) is 18.3. The minimum atomic E-state index is -0.692. The number of hydrogen-bond donors (Lipinski definition) is 1. The van der Waals surface area contributed by atoms with E-state index in [4.69, 9.17) is 30.4 Å². The number of rotatable bonds is 7. The van der Waals surface area contributed by atoms with E-state index in [1.165, 1.54) is 7.11 Å². The van der Waals surface area contributed by atoms with Gasteiger partial charge in [-0.3, -0.25) is 4.79 Å². The lowest BCUT2D eigenvalue weighted by Crippen LogP contribution is -2.46. The van der Waals surface area contributed by atoms with E-state index in [-0.39, 0.29) is 18.1 Å². The number of carbonyl (C=O) groups excluding carboxylic acids is 1. The largest absolute Gasteiger partial charge is 0.496 e. The Bertz CT molecular complexity index is 801. The summed E-state index contributed by atoms with van der Waals surface area (Å²) in [5.41, 5.74) is -0.470. The molecule has 1 aliphatic heterocycles. The Morgan fingerprint density at radius 1 is 1.10 bits per heavy atom. The van der Waals surface area contributed by atoms with Crippen LogP contribution in [0.25, 0.3) is 0 Å². The van der Waals surface area contributed by atoms with Gasteiger partial charge in [-0.25, -0.2) is 0 Å². The van der Waals surface area contributed by atoms with Crippen LogP contribution >= 0.6 is 11.6 Å². The minimum Gasteiger partial charge on any atom is -0.467 e. The zero-order chi connectivity index (χ0) is 23.8. The van der Waals surface area contributed by atoms with Crippen LogP contribution in [0, 0.1) is 5.41 Å². The zero-order valence-corrected chi connectivity index (χ0v) is 21.3. The number of benzene rings is 1. The average molecular weight is 454 g/mol. The molecular formula is C23H37BClNO5. The lowest BCUT2D eigenvalue weighted by Gasteiger charge is -2.33. The van der Waals surface area contributed by atoms with Crippen LogP contribution in [0.3, 0.4) is 0 Å². The second-order valence-electron chi connectivity index (χ2n) is 11.1. The number of methoxy groups -OCH3 is 1. The van der Waals surface area contributed by atoms with Crippen LogP contribution in [-0.2, 0) is 14.0 Å². The summed E-state index contributed by atoms with van der Waals surface area (Å²) < 4.78 is 23.0. The lowest BCUT2D eigenvalue weighted by atomic mass is 9.77. The van der Waals surface area contributed by atoms with Crippen molar-refractivity contribution in [2.24, 2.45) is 5.41 Å². The van der Waals surface area contributed by atoms with Crippen molar-refractivity contribution in [3.05, 3.63) is 22.7 Å². The van der Waals surface area contributed by atoms with Crippen molar-refractivity contribution < 1.29 is 23.6 Å². The summed E-state index contributed by atoms with van der Waals surface area (Å²) in [6, 6.07) is 3.31. The van der Waals surface area contributed by atoms with E-state index >= 15 is 0 Å². The van der Waals surface area contributed by atoms with Crippen LogP contribution in [-0.4, -0.2) is 43.7 Å². The third-order valence-corrected chi connectivity index (χ3v) is 5.93. The van der Waals surface area contributed by atoms with Crippen molar-refractivity contribution in [1.82, 2.24) is 5.32 Å². The molecule has 0 aliphatic carbocycles. The molecule has 1 aromatic carbocycles. The maximum atomic E-state index is 13.3. The van der Waals surface area contributed by atoms with Crippen molar-refractivity contribution in [3.63, 3.8) is 0 Å². The van der Waals surface area contributed by atoms with Crippen LogP contribution in [0.2, 0.25) is 5.02 Å². The fourth-order valence-corrected chi connectivity index (χ4v) is 4.13. The third kappa shape index (κ3) is 6.38. The summed E-state index contributed by atoms with van der Waals surface area (Å²) >= 11 is 6.56. The van der Waals surface area contributed by atoms with Crippen molar-refractivity contribution in [3.8, 4) is 5.75 Å². The molecule has 0 atom stereocenters. The molecule has 0 unspecified atom stereocenters. The summed E-state index contributed by atoms with van der Waals surface area (Å²) in [6.07, 6.45) is 0.803. The summed E-state index contributed by atoms with van der Waals surface area (Å²) in [7, 11) is 0.829. The maximum absolute atomic E-state index is 13.3. The Morgan fingerprint density at radius 2 is 1.65 bits per heavy atom. The number of amides is 1. The highest BCUT2D eigenvalue weighted by Gasteiger charge is 2.52. The van der Waals surface area contributed by atoms with Gasteiger partial charge in [-0.2, -0.15) is 0 Å². The molecule has 0 saturated carbocycles. The van der Waals surface area contributed by atoms with E-state index in [9.17, 15) is 4.79 Å². The molecular weight excluding hydrogens is 417 g/mol. The number of nitrogens with one attached hydrogen (secondary N) is 1. The van der Waals surface area contributed by atoms with Crippen molar-refractivity contribution in [2.45, 2.75) is 85.5 Å². The summed E-state index contributed by atoms with van der Waals surface area (Å²) in [4.78, 5) is 13.3. The standard InChI is InChI=1S/C23H37BClNO5/c1-20(2,3)13-21(4,5)26-19(27)15-11-16(17(25)12-18(15)29-14-28-10)24-30-22(6,7)23(8,9)31-24/h11-12H,13-14H2,1-10H3,(H,26,27). The number of hydrogen-bond acceptors (Lipinski definition) is 5. The van der Waals surface area contributed by atoms with Gasteiger partial charge in [0.2, 0.25) is 0 Å². The van der Waals surface area contributed by atoms with E-state index in [2.05, 4.69) is 26.1 Å². The lowest BCUT2D eigenvalue weighted by molar-refractivity contribution is 0.00578. The Labute approximate surface area is 192 Å². The fourth-order valence-electron chi connectivity index (χ4n) is 3.89. The molecule has 0 spiro atoms. The molecule has 0 aromatic heterocycles. The highest BCUT2D eigenvalue weighted by atomic mass is 35.5. The molecule has 1 fully saturated rings. The zero-order valence-electron chi connectivity index (χ0n) is 20.6. The van der Waals surface area contributed by atoms with Crippen molar-refractivity contribution >= 4 is 30.1 Å². The van der Waals surface area contributed by atoms with Gasteiger partial charge in [-0.1, -0.05) is 32.4 Å². The molecule has 1 amide bonds. The van der Waals surface area contributed by atoms with E-state index in [1.807, 2.05) is 41.5 Å². The van der Waals surface area contributed by atoms with E-state index in [0.29, 0.717) is 21.8 Å². The van der Waals surface area contributed by atoms with Gasteiger partial charge in [0.05, 0.1) is 16.8 Å². The second-order valence-corrected chi connectivity index (χ2v) is 11.5. The van der Waals surface area contributed by atoms with Gasteiger partial charge in [-0.15, -0.1) is 0 Å². The van der Waals surface area contributed by atoms with Crippen LogP contribution in [0.1, 0.15) is 79.1 Å². The predicted molar refractivity (Wildman–Crippen MR) is 125 cm³/mol. The van der Waals surface area contributed by atoms with E-state index in [0.717, 1.165) is 6.42 Å². The molecule has 1 heterocycles. The van der Waals surface area contributed by atoms with Gasteiger partial charge >= 0.3 is 7.12 Å². The van der Waals surface area contributed by atoms with Gasteiger partial charge in [-0.05, 0) is 65.5 Å². The predicted octanol–water partition coefficient (Wildman–Crippen LogP) is 4.57. The van der Waals surface area contributed by atoms with E-state index in [1.54, 1.807) is 12.1 Å². The molecule has 0 radical (unpaired) electrons. The topological polar surface area (TPSA) is 66.0 Å². The summed E-state index contributed by atoms with van der Waals surface area (Å²) in [5, 5.41) is 3.53. The van der Waals surface area contributed by atoms with Gasteiger partial charge in [0.15, 0.2) is 6.79 Å². The normalized spacial score (nSPS) is 18.2. The fraction of sp³-hybridized carbons (Fsp3) is 0.696. The average Bonchev–Trinajstić information content (AvgIpc) is 2.77. The Morgan fingerprint density at radius 3 is 2.13 bits per heavy atom. The Hall–Kier alpha value is -1.28. The first-order chi connectivity index (χ1) is 14.0.